The number of carboxylic acids is 1. The highest BCUT2D eigenvalue weighted by atomic mass is 16.5. The third kappa shape index (κ3) is 5.24. The summed E-state index contributed by atoms with van der Waals surface area (Å²) in [6, 6.07) is 10.8. The Morgan fingerprint density at radius 1 is 1.20 bits per heavy atom. The molecule has 0 radical (unpaired) electrons. The number of anilines is 3. The van der Waals surface area contributed by atoms with Crippen LogP contribution in [0.3, 0.4) is 0 Å². The Morgan fingerprint density at radius 3 is 2.62 bits per heavy atom. The summed E-state index contributed by atoms with van der Waals surface area (Å²) < 4.78 is 12.2. The van der Waals surface area contributed by atoms with Gasteiger partial charge >= 0.3 is 5.97 Å². The van der Waals surface area contributed by atoms with Crippen LogP contribution in [-0.2, 0) is 16.0 Å². The normalized spacial score (nSPS) is 17.2. The van der Waals surface area contributed by atoms with Crippen LogP contribution in [0.2, 0.25) is 0 Å². The first-order valence-electron chi connectivity index (χ1n) is 12.7. The Bertz CT molecular complexity index is 1610. The minimum absolute atomic E-state index is 0.0370. The number of carboxylic acid groups (broad SMARTS) is 1. The standard InChI is InChI=1S/C27H29N7O6/c1-29-19-13-21(32-23-22(19)33-40-24(23)25(35)31-17-9-10-20(17)39-2)30-18-4-3-11-34(26(18)36)15-7-5-14(6-8-15)12-16(28)27(37)38/h3-8,11,13,16-17,20,29H,9-10,12,28H2,1-2H3,(H,30,32)(H,31,35)(H,37,38)/t16-,17+,20+/m0/s1. The third-order valence-electron chi connectivity index (χ3n) is 6.94. The van der Waals surface area contributed by atoms with Gasteiger partial charge in [-0.15, -0.1) is 0 Å². The van der Waals surface area contributed by atoms with E-state index >= 15 is 0 Å². The number of carbonyl (C=O) groups excluding carboxylic acids is 1. The number of nitrogens with zero attached hydrogens (tertiary/aromatic N) is 3. The van der Waals surface area contributed by atoms with Crippen LogP contribution in [0.1, 0.15) is 29.0 Å². The Labute approximate surface area is 228 Å². The molecule has 3 atom stereocenters. The van der Waals surface area contributed by atoms with E-state index in [9.17, 15) is 14.4 Å². The lowest BCUT2D eigenvalue weighted by Gasteiger charge is -2.35. The summed E-state index contributed by atoms with van der Waals surface area (Å²) in [7, 11) is 3.31. The van der Waals surface area contributed by atoms with Gasteiger partial charge in [0, 0.05) is 32.1 Å². The van der Waals surface area contributed by atoms with Crippen molar-refractivity contribution in [2.45, 2.75) is 37.5 Å². The Kier molecular flexibility index (Phi) is 7.49. The van der Waals surface area contributed by atoms with Crippen molar-refractivity contribution in [2.75, 3.05) is 24.8 Å². The Balaban J connectivity index is 1.41. The number of hydrogen-bond acceptors (Lipinski definition) is 10. The van der Waals surface area contributed by atoms with E-state index in [2.05, 4.69) is 26.1 Å². The molecule has 0 spiro atoms. The van der Waals surface area contributed by atoms with E-state index < -0.39 is 17.9 Å². The SMILES string of the molecule is CNc1cc(Nc2cccn(-c3ccc(C[C@H](N)C(=O)O)cc3)c2=O)nc2c(C(=O)N[C@@H]3CC[C@H]3OC)onc12. The summed E-state index contributed by atoms with van der Waals surface area (Å²) >= 11 is 0. The van der Waals surface area contributed by atoms with Crippen LogP contribution in [0.5, 0.6) is 0 Å². The number of carbonyl (C=O) groups is 2. The first kappa shape index (κ1) is 26.8. The van der Waals surface area contributed by atoms with Gasteiger partial charge in [0.05, 0.1) is 17.8 Å². The predicted octanol–water partition coefficient (Wildman–Crippen LogP) is 2.02. The summed E-state index contributed by atoms with van der Waals surface area (Å²) in [5.41, 5.74) is 8.02. The number of hydrogen-bond donors (Lipinski definition) is 5. The largest absolute Gasteiger partial charge is 0.480 e. The minimum atomic E-state index is -1.08. The summed E-state index contributed by atoms with van der Waals surface area (Å²) in [6.45, 7) is 0. The number of rotatable bonds is 10. The van der Waals surface area contributed by atoms with Crippen molar-refractivity contribution < 1.29 is 24.0 Å². The maximum Gasteiger partial charge on any atom is 0.320 e. The molecule has 1 amide bonds. The number of aromatic nitrogens is 3. The van der Waals surface area contributed by atoms with Crippen LogP contribution in [-0.4, -0.2) is 64.0 Å². The average molecular weight is 548 g/mol. The molecule has 1 fully saturated rings. The van der Waals surface area contributed by atoms with E-state index in [1.165, 1.54) is 4.57 Å². The second-order valence-corrected chi connectivity index (χ2v) is 9.48. The van der Waals surface area contributed by atoms with Gasteiger partial charge in [0.1, 0.15) is 23.1 Å². The zero-order valence-electron chi connectivity index (χ0n) is 21.9. The van der Waals surface area contributed by atoms with E-state index in [0.29, 0.717) is 22.7 Å². The van der Waals surface area contributed by atoms with Crippen molar-refractivity contribution in [1.82, 2.24) is 20.0 Å². The van der Waals surface area contributed by atoms with Crippen molar-refractivity contribution in [3.8, 4) is 5.69 Å². The average Bonchev–Trinajstić information content (AvgIpc) is 3.36. The topological polar surface area (TPSA) is 187 Å². The molecule has 1 aliphatic rings. The predicted molar refractivity (Wildman–Crippen MR) is 147 cm³/mol. The molecule has 0 saturated heterocycles. The van der Waals surface area contributed by atoms with E-state index in [1.807, 2.05) is 0 Å². The van der Waals surface area contributed by atoms with E-state index in [4.69, 9.17) is 20.1 Å². The molecule has 6 N–H and O–H groups in total. The highest BCUT2D eigenvalue weighted by Crippen LogP contribution is 2.29. The van der Waals surface area contributed by atoms with E-state index in [1.54, 1.807) is 62.8 Å². The molecule has 3 heterocycles. The van der Waals surface area contributed by atoms with Crippen LogP contribution in [0.4, 0.5) is 17.2 Å². The van der Waals surface area contributed by atoms with E-state index in [-0.39, 0.29) is 41.1 Å². The van der Waals surface area contributed by atoms with Gasteiger partial charge in [0.15, 0.2) is 5.52 Å². The monoisotopic (exact) mass is 547 g/mol. The Morgan fingerprint density at radius 2 is 1.98 bits per heavy atom. The lowest BCUT2D eigenvalue weighted by Crippen LogP contribution is -2.51. The fraction of sp³-hybridized carbons (Fsp3) is 0.296. The highest BCUT2D eigenvalue weighted by molar-refractivity contribution is 6.05. The number of amides is 1. The fourth-order valence-electron chi connectivity index (χ4n) is 4.54. The molecule has 13 heteroatoms. The lowest BCUT2D eigenvalue weighted by atomic mass is 9.89. The van der Waals surface area contributed by atoms with Crippen LogP contribution < -0.4 is 27.2 Å². The molecule has 0 aliphatic heterocycles. The number of methoxy groups -OCH3 is 1. The van der Waals surface area contributed by atoms with Crippen molar-refractivity contribution in [3.05, 3.63) is 70.3 Å². The number of aliphatic carboxylic acids is 1. The molecule has 1 aliphatic carbocycles. The number of nitrogens with one attached hydrogen (secondary N) is 3. The van der Waals surface area contributed by atoms with Crippen molar-refractivity contribution in [3.63, 3.8) is 0 Å². The molecular formula is C27H29N7O6. The van der Waals surface area contributed by atoms with Crippen LogP contribution in [0.25, 0.3) is 16.7 Å². The van der Waals surface area contributed by atoms with Gasteiger partial charge in [-0.1, -0.05) is 17.3 Å². The van der Waals surface area contributed by atoms with Gasteiger partial charge in [-0.3, -0.25) is 19.0 Å². The molecule has 1 saturated carbocycles. The first-order chi connectivity index (χ1) is 19.3. The van der Waals surface area contributed by atoms with Gasteiger partial charge in [-0.05, 0) is 49.1 Å². The molecule has 0 bridgehead atoms. The molecule has 3 aromatic heterocycles. The summed E-state index contributed by atoms with van der Waals surface area (Å²) in [5, 5.41) is 22.0. The highest BCUT2D eigenvalue weighted by Gasteiger charge is 2.34. The number of benzene rings is 1. The van der Waals surface area contributed by atoms with Crippen LogP contribution in [0, 0.1) is 0 Å². The zero-order valence-corrected chi connectivity index (χ0v) is 21.9. The summed E-state index contributed by atoms with van der Waals surface area (Å²) in [6.07, 6.45) is 3.42. The lowest BCUT2D eigenvalue weighted by molar-refractivity contribution is -0.138. The minimum Gasteiger partial charge on any atom is -0.480 e. The maximum absolute atomic E-state index is 13.3. The molecule has 4 aromatic rings. The van der Waals surface area contributed by atoms with Gasteiger partial charge in [-0.25, -0.2) is 4.98 Å². The molecule has 0 unspecified atom stereocenters. The quantitative estimate of drug-likeness (QED) is 0.195. The smallest absolute Gasteiger partial charge is 0.320 e. The number of ether oxygens (including phenoxy) is 1. The van der Waals surface area contributed by atoms with Gasteiger partial charge < -0.3 is 36.1 Å². The van der Waals surface area contributed by atoms with E-state index in [0.717, 1.165) is 18.4 Å². The van der Waals surface area contributed by atoms with Crippen molar-refractivity contribution >= 4 is 40.1 Å². The number of nitrogens with two attached hydrogens (primary N) is 1. The van der Waals surface area contributed by atoms with Crippen molar-refractivity contribution in [1.29, 1.82) is 0 Å². The van der Waals surface area contributed by atoms with Gasteiger partial charge in [0.25, 0.3) is 11.5 Å². The first-order valence-corrected chi connectivity index (χ1v) is 12.7. The maximum atomic E-state index is 13.3. The molecule has 5 rings (SSSR count). The molecule has 208 valence electrons. The second kappa shape index (κ2) is 11.2. The molecular weight excluding hydrogens is 518 g/mol. The van der Waals surface area contributed by atoms with Gasteiger partial charge in [-0.2, -0.15) is 0 Å². The summed E-state index contributed by atoms with van der Waals surface area (Å²) in [5.74, 6) is -1.26. The van der Waals surface area contributed by atoms with Gasteiger partial charge in [0.2, 0.25) is 5.76 Å². The molecule has 13 nitrogen and oxygen atoms in total. The fourth-order valence-corrected chi connectivity index (χ4v) is 4.54. The third-order valence-corrected chi connectivity index (χ3v) is 6.94. The second-order valence-electron chi connectivity index (χ2n) is 9.48. The number of fused-ring (bicyclic) bond motifs is 1. The molecule has 40 heavy (non-hydrogen) atoms. The molecule has 1 aromatic carbocycles. The summed E-state index contributed by atoms with van der Waals surface area (Å²) in [4.78, 5) is 41.9. The Hall–Kier alpha value is -4.75. The number of pyridine rings is 2. The van der Waals surface area contributed by atoms with Crippen LogP contribution >= 0.6 is 0 Å². The zero-order chi connectivity index (χ0) is 28.4. The van der Waals surface area contributed by atoms with Crippen molar-refractivity contribution in [2.24, 2.45) is 5.73 Å². The van der Waals surface area contributed by atoms with Crippen LogP contribution in [0.15, 0.2) is 58.0 Å².